The van der Waals surface area contributed by atoms with Gasteiger partial charge in [-0.15, -0.1) is 6.58 Å². The zero-order valence-corrected chi connectivity index (χ0v) is 12.2. The molecule has 0 bridgehead atoms. The molecule has 0 saturated carbocycles. The molecular weight excluding hydrogens is 236 g/mol. The third kappa shape index (κ3) is 4.07. The minimum atomic E-state index is 0.362. The van der Waals surface area contributed by atoms with Crippen molar-refractivity contribution in [2.24, 2.45) is 17.8 Å². The van der Waals surface area contributed by atoms with E-state index in [9.17, 15) is 4.79 Å². The molecule has 1 amide bonds. The van der Waals surface area contributed by atoms with Crippen molar-refractivity contribution in [3.8, 4) is 0 Å². The topological polar surface area (TPSA) is 32.3 Å². The molecule has 2 saturated heterocycles. The van der Waals surface area contributed by atoms with Crippen LogP contribution >= 0.6 is 0 Å². The fourth-order valence-corrected chi connectivity index (χ4v) is 3.32. The number of hydrogen-bond donors (Lipinski definition) is 1. The first kappa shape index (κ1) is 14.6. The van der Waals surface area contributed by atoms with Crippen LogP contribution in [0.4, 0.5) is 0 Å². The molecule has 2 atom stereocenters. The molecular formula is C16H28N2O. The molecule has 2 aliphatic heterocycles. The third-order valence-electron chi connectivity index (χ3n) is 4.86. The lowest BCUT2D eigenvalue weighted by molar-refractivity contribution is -0.133. The summed E-state index contributed by atoms with van der Waals surface area (Å²) in [5.41, 5.74) is 0. The summed E-state index contributed by atoms with van der Waals surface area (Å²) >= 11 is 0. The van der Waals surface area contributed by atoms with Crippen molar-refractivity contribution in [1.82, 2.24) is 10.2 Å². The van der Waals surface area contributed by atoms with Gasteiger partial charge in [0.15, 0.2) is 0 Å². The van der Waals surface area contributed by atoms with E-state index in [2.05, 4.69) is 23.7 Å². The van der Waals surface area contributed by atoms with E-state index >= 15 is 0 Å². The van der Waals surface area contributed by atoms with Gasteiger partial charge in [-0.1, -0.05) is 13.0 Å². The molecule has 0 aromatic rings. The van der Waals surface area contributed by atoms with Gasteiger partial charge in [-0.05, 0) is 56.5 Å². The Morgan fingerprint density at radius 1 is 1.42 bits per heavy atom. The molecule has 2 unspecified atom stereocenters. The van der Waals surface area contributed by atoms with E-state index in [0.29, 0.717) is 23.7 Å². The second kappa shape index (κ2) is 7.09. The van der Waals surface area contributed by atoms with Gasteiger partial charge in [0.2, 0.25) is 5.91 Å². The number of hydrogen-bond acceptors (Lipinski definition) is 2. The second-order valence-electron chi connectivity index (χ2n) is 6.24. The fourth-order valence-electron chi connectivity index (χ4n) is 3.32. The summed E-state index contributed by atoms with van der Waals surface area (Å²) in [5.74, 6) is 2.17. The minimum Gasteiger partial charge on any atom is -0.343 e. The summed E-state index contributed by atoms with van der Waals surface area (Å²) in [4.78, 5) is 14.4. The standard InChI is InChI=1S/C16H28N2O/c1-3-14-6-9-18(10-7-14)16(19)11-13(2)15-5-4-8-17-12-15/h3,13-15,17H,1,4-12H2,2H3. The first-order chi connectivity index (χ1) is 9.20. The maximum absolute atomic E-state index is 12.3. The van der Waals surface area contributed by atoms with Crippen molar-refractivity contribution in [3.05, 3.63) is 12.7 Å². The Kier molecular flexibility index (Phi) is 5.44. The number of nitrogens with one attached hydrogen (secondary N) is 1. The van der Waals surface area contributed by atoms with Gasteiger partial charge < -0.3 is 10.2 Å². The zero-order chi connectivity index (χ0) is 13.7. The highest BCUT2D eigenvalue weighted by Gasteiger charge is 2.26. The molecule has 19 heavy (non-hydrogen) atoms. The lowest BCUT2D eigenvalue weighted by Crippen LogP contribution is -2.40. The number of carbonyl (C=O) groups is 1. The highest BCUT2D eigenvalue weighted by atomic mass is 16.2. The van der Waals surface area contributed by atoms with Crippen molar-refractivity contribution >= 4 is 5.91 Å². The molecule has 0 aromatic carbocycles. The Morgan fingerprint density at radius 3 is 2.74 bits per heavy atom. The summed E-state index contributed by atoms with van der Waals surface area (Å²) in [6.07, 6.45) is 7.49. The van der Waals surface area contributed by atoms with Gasteiger partial charge in [-0.2, -0.15) is 0 Å². The lowest BCUT2D eigenvalue weighted by atomic mass is 9.85. The van der Waals surface area contributed by atoms with Gasteiger partial charge >= 0.3 is 0 Å². The van der Waals surface area contributed by atoms with E-state index in [0.717, 1.165) is 45.4 Å². The molecule has 1 N–H and O–H groups in total. The SMILES string of the molecule is C=CC1CCN(C(=O)CC(C)C2CCCNC2)CC1. The summed E-state index contributed by atoms with van der Waals surface area (Å²) < 4.78 is 0. The Bertz CT molecular complexity index is 302. The maximum atomic E-state index is 12.3. The maximum Gasteiger partial charge on any atom is 0.222 e. The summed E-state index contributed by atoms with van der Waals surface area (Å²) in [6.45, 7) is 10.2. The molecule has 0 aromatic heterocycles. The Labute approximate surface area is 117 Å². The number of amides is 1. The van der Waals surface area contributed by atoms with Crippen LogP contribution in [0.3, 0.4) is 0 Å². The number of piperidine rings is 2. The second-order valence-corrected chi connectivity index (χ2v) is 6.24. The minimum absolute atomic E-state index is 0.362. The highest BCUT2D eigenvalue weighted by molar-refractivity contribution is 5.76. The van der Waals surface area contributed by atoms with Crippen molar-refractivity contribution in [3.63, 3.8) is 0 Å². The zero-order valence-electron chi connectivity index (χ0n) is 12.2. The quantitative estimate of drug-likeness (QED) is 0.791. The predicted molar refractivity (Wildman–Crippen MR) is 78.9 cm³/mol. The molecule has 3 heteroatoms. The first-order valence-electron chi connectivity index (χ1n) is 7.81. The Morgan fingerprint density at radius 2 is 2.16 bits per heavy atom. The normalized spacial score (nSPS) is 27.0. The average Bonchev–Trinajstić information content (AvgIpc) is 2.48. The summed E-state index contributed by atoms with van der Waals surface area (Å²) in [7, 11) is 0. The van der Waals surface area contributed by atoms with E-state index in [1.807, 2.05) is 6.08 Å². The molecule has 0 spiro atoms. The Balaban J connectivity index is 1.75. The van der Waals surface area contributed by atoms with Crippen LogP contribution in [-0.4, -0.2) is 37.0 Å². The van der Waals surface area contributed by atoms with Gasteiger partial charge in [0.05, 0.1) is 0 Å². The van der Waals surface area contributed by atoms with Gasteiger partial charge in [0.1, 0.15) is 0 Å². The van der Waals surface area contributed by atoms with E-state index < -0.39 is 0 Å². The largest absolute Gasteiger partial charge is 0.343 e. The van der Waals surface area contributed by atoms with E-state index in [4.69, 9.17) is 0 Å². The Hall–Kier alpha value is -0.830. The first-order valence-corrected chi connectivity index (χ1v) is 7.81. The third-order valence-corrected chi connectivity index (χ3v) is 4.86. The van der Waals surface area contributed by atoms with E-state index in [1.54, 1.807) is 0 Å². The predicted octanol–water partition coefficient (Wildman–Crippen LogP) is 2.44. The van der Waals surface area contributed by atoms with Gasteiger partial charge in [-0.25, -0.2) is 0 Å². The number of allylic oxidation sites excluding steroid dienone is 1. The number of carbonyl (C=O) groups excluding carboxylic acids is 1. The van der Waals surface area contributed by atoms with Crippen LogP contribution in [-0.2, 0) is 4.79 Å². The van der Waals surface area contributed by atoms with Gasteiger partial charge in [0.25, 0.3) is 0 Å². The van der Waals surface area contributed by atoms with Crippen molar-refractivity contribution < 1.29 is 4.79 Å². The fraction of sp³-hybridized carbons (Fsp3) is 0.812. The molecule has 2 heterocycles. The summed E-state index contributed by atoms with van der Waals surface area (Å²) in [6, 6.07) is 0. The highest BCUT2D eigenvalue weighted by Crippen LogP contribution is 2.25. The lowest BCUT2D eigenvalue weighted by Gasteiger charge is -2.33. The number of likely N-dealkylation sites (tertiary alicyclic amines) is 1. The molecule has 3 nitrogen and oxygen atoms in total. The molecule has 2 rings (SSSR count). The van der Waals surface area contributed by atoms with Crippen LogP contribution in [0, 0.1) is 17.8 Å². The van der Waals surface area contributed by atoms with Crippen LogP contribution in [0.1, 0.15) is 39.0 Å². The van der Waals surface area contributed by atoms with Crippen molar-refractivity contribution in [2.45, 2.75) is 39.0 Å². The van der Waals surface area contributed by atoms with Crippen LogP contribution < -0.4 is 5.32 Å². The number of rotatable bonds is 4. The van der Waals surface area contributed by atoms with Crippen molar-refractivity contribution in [2.75, 3.05) is 26.2 Å². The molecule has 108 valence electrons. The van der Waals surface area contributed by atoms with Crippen LogP contribution in [0.5, 0.6) is 0 Å². The summed E-state index contributed by atoms with van der Waals surface area (Å²) in [5, 5.41) is 3.45. The molecule has 2 fully saturated rings. The smallest absolute Gasteiger partial charge is 0.222 e. The van der Waals surface area contributed by atoms with Gasteiger partial charge in [0, 0.05) is 19.5 Å². The van der Waals surface area contributed by atoms with E-state index in [-0.39, 0.29) is 0 Å². The molecule has 2 aliphatic rings. The van der Waals surface area contributed by atoms with Crippen LogP contribution in [0.25, 0.3) is 0 Å². The van der Waals surface area contributed by atoms with Crippen LogP contribution in [0.15, 0.2) is 12.7 Å². The van der Waals surface area contributed by atoms with Crippen molar-refractivity contribution in [1.29, 1.82) is 0 Å². The average molecular weight is 264 g/mol. The monoisotopic (exact) mass is 264 g/mol. The number of nitrogens with zero attached hydrogens (tertiary/aromatic N) is 1. The molecule has 0 aliphatic carbocycles. The molecule has 0 radical (unpaired) electrons. The van der Waals surface area contributed by atoms with E-state index in [1.165, 1.54) is 12.8 Å². The van der Waals surface area contributed by atoms with Crippen LogP contribution in [0.2, 0.25) is 0 Å². The van der Waals surface area contributed by atoms with Gasteiger partial charge in [-0.3, -0.25) is 4.79 Å².